The van der Waals surface area contributed by atoms with E-state index in [1.165, 1.54) is 0 Å². The summed E-state index contributed by atoms with van der Waals surface area (Å²) < 4.78 is 37.6. The van der Waals surface area contributed by atoms with Gasteiger partial charge in [-0.1, -0.05) is 0 Å². The van der Waals surface area contributed by atoms with Crippen molar-refractivity contribution in [3.63, 3.8) is 0 Å². The molecule has 1 aliphatic carbocycles. The predicted octanol–water partition coefficient (Wildman–Crippen LogP) is 0.282. The summed E-state index contributed by atoms with van der Waals surface area (Å²) >= 11 is 0. The number of rotatable bonds is 4. The van der Waals surface area contributed by atoms with Gasteiger partial charge in [0.15, 0.2) is 0 Å². The van der Waals surface area contributed by atoms with Gasteiger partial charge < -0.3 is 9.47 Å². The topological polar surface area (TPSA) is 81.7 Å². The molecule has 1 N–H and O–H groups in total. The highest BCUT2D eigenvalue weighted by Crippen LogP contribution is 2.60. The highest BCUT2D eigenvalue weighted by molar-refractivity contribution is 7.90. The average Bonchev–Trinajstić information content (AvgIpc) is 3.03. The Morgan fingerprint density at radius 1 is 1.24 bits per heavy atom. The van der Waals surface area contributed by atoms with E-state index < -0.39 is 10.0 Å². The molecule has 1 unspecified atom stereocenters. The van der Waals surface area contributed by atoms with Gasteiger partial charge in [0.2, 0.25) is 15.9 Å². The van der Waals surface area contributed by atoms with Crippen LogP contribution in [-0.2, 0) is 24.3 Å². The van der Waals surface area contributed by atoms with Gasteiger partial charge >= 0.3 is 0 Å². The van der Waals surface area contributed by atoms with Crippen LogP contribution in [-0.4, -0.2) is 45.5 Å². The van der Waals surface area contributed by atoms with E-state index in [1.54, 1.807) is 0 Å². The number of fused-ring (bicyclic) bond motifs is 5. The number of sulfonamides is 1. The van der Waals surface area contributed by atoms with Gasteiger partial charge in [0.1, 0.15) is 0 Å². The number of ether oxygens (including phenoxy) is 2. The van der Waals surface area contributed by atoms with E-state index in [2.05, 4.69) is 4.72 Å². The fourth-order valence-corrected chi connectivity index (χ4v) is 5.65. The van der Waals surface area contributed by atoms with Crippen molar-refractivity contribution >= 4 is 15.9 Å². The van der Waals surface area contributed by atoms with Crippen LogP contribution in [0.5, 0.6) is 0 Å². The average molecular weight is 315 g/mol. The van der Waals surface area contributed by atoms with E-state index in [0.717, 1.165) is 19.3 Å². The first-order valence-electron chi connectivity index (χ1n) is 7.81. The Morgan fingerprint density at radius 2 is 2.10 bits per heavy atom. The van der Waals surface area contributed by atoms with Crippen molar-refractivity contribution in [1.82, 2.24) is 4.72 Å². The summed E-state index contributed by atoms with van der Waals surface area (Å²) in [6, 6.07) is 0. The number of carbonyl (C=O) groups excluding carboxylic acids is 1. The Morgan fingerprint density at radius 3 is 2.76 bits per heavy atom. The summed E-state index contributed by atoms with van der Waals surface area (Å²) in [5, 5.41) is 0. The smallest absolute Gasteiger partial charge is 0.239 e. The van der Waals surface area contributed by atoms with Gasteiger partial charge in [-0.05, 0) is 43.4 Å². The molecule has 4 rings (SSSR count). The molecule has 0 spiro atoms. The minimum absolute atomic E-state index is 0.00635. The van der Waals surface area contributed by atoms with E-state index in [9.17, 15) is 13.2 Å². The van der Waals surface area contributed by atoms with Crippen molar-refractivity contribution in [2.24, 2.45) is 23.7 Å². The van der Waals surface area contributed by atoms with Gasteiger partial charge in [0, 0.05) is 6.61 Å². The molecule has 0 aromatic carbocycles. The van der Waals surface area contributed by atoms with Gasteiger partial charge in [-0.25, -0.2) is 8.42 Å². The fraction of sp³-hybridized carbons (Fsp3) is 0.929. The van der Waals surface area contributed by atoms with Gasteiger partial charge in [-0.15, -0.1) is 0 Å². The van der Waals surface area contributed by atoms with Crippen molar-refractivity contribution in [3.05, 3.63) is 0 Å². The molecule has 4 aliphatic rings. The third kappa shape index (κ3) is 2.59. The summed E-state index contributed by atoms with van der Waals surface area (Å²) in [6.07, 6.45) is 3.69. The second kappa shape index (κ2) is 4.93. The maximum atomic E-state index is 12.3. The molecule has 2 bridgehead atoms. The number of carbonyl (C=O) groups is 1. The SMILES string of the molecule is O=C(NS(=O)(=O)CC1CCCOC1)[C@@H]1C[C@@H]2O[C@H]1[C@H]1C[C@H]12. The molecule has 1 amide bonds. The summed E-state index contributed by atoms with van der Waals surface area (Å²) in [4.78, 5) is 12.3. The largest absolute Gasteiger partial charge is 0.381 e. The lowest BCUT2D eigenvalue weighted by Crippen LogP contribution is -2.42. The maximum absolute atomic E-state index is 12.3. The molecule has 1 saturated carbocycles. The highest BCUT2D eigenvalue weighted by Gasteiger charge is 2.64. The number of amides is 1. The fourth-order valence-electron chi connectivity index (χ4n) is 4.23. The molecule has 7 heteroatoms. The highest BCUT2D eigenvalue weighted by atomic mass is 32.2. The molecule has 0 radical (unpaired) electrons. The molecule has 3 heterocycles. The van der Waals surface area contributed by atoms with Crippen LogP contribution >= 0.6 is 0 Å². The molecule has 6 nitrogen and oxygen atoms in total. The number of nitrogens with one attached hydrogen (secondary N) is 1. The monoisotopic (exact) mass is 315 g/mol. The Hall–Kier alpha value is -0.660. The van der Waals surface area contributed by atoms with Crippen molar-refractivity contribution < 1.29 is 22.7 Å². The van der Waals surface area contributed by atoms with Crippen molar-refractivity contribution in [2.75, 3.05) is 19.0 Å². The molecule has 3 saturated heterocycles. The second-order valence-electron chi connectivity index (χ2n) is 6.88. The third-order valence-electron chi connectivity index (χ3n) is 5.31. The van der Waals surface area contributed by atoms with E-state index in [1.807, 2.05) is 0 Å². The van der Waals surface area contributed by atoms with Crippen LogP contribution in [0.3, 0.4) is 0 Å². The maximum Gasteiger partial charge on any atom is 0.239 e. The van der Waals surface area contributed by atoms with Crippen molar-refractivity contribution in [2.45, 2.75) is 37.9 Å². The van der Waals surface area contributed by atoms with Crippen LogP contribution < -0.4 is 4.72 Å². The van der Waals surface area contributed by atoms with Crippen LogP contribution in [0.2, 0.25) is 0 Å². The predicted molar refractivity (Wildman–Crippen MR) is 73.8 cm³/mol. The van der Waals surface area contributed by atoms with Crippen LogP contribution in [0.1, 0.15) is 25.7 Å². The van der Waals surface area contributed by atoms with Crippen molar-refractivity contribution in [3.8, 4) is 0 Å². The summed E-state index contributed by atoms with van der Waals surface area (Å²) in [6.45, 7) is 1.17. The lowest BCUT2D eigenvalue weighted by molar-refractivity contribution is -0.125. The molecule has 0 aromatic rings. The van der Waals surface area contributed by atoms with E-state index in [4.69, 9.17) is 9.47 Å². The lowest BCUT2D eigenvalue weighted by atomic mass is 9.89. The zero-order chi connectivity index (χ0) is 14.6. The Kier molecular flexibility index (Phi) is 3.28. The zero-order valence-corrected chi connectivity index (χ0v) is 12.7. The Balaban J connectivity index is 1.35. The third-order valence-corrected chi connectivity index (χ3v) is 6.73. The van der Waals surface area contributed by atoms with Crippen LogP contribution in [0, 0.1) is 23.7 Å². The normalized spacial score (nSPS) is 44.4. The number of hydrogen-bond donors (Lipinski definition) is 1. The number of hydrogen-bond acceptors (Lipinski definition) is 5. The first kappa shape index (κ1) is 14.0. The summed E-state index contributed by atoms with van der Waals surface area (Å²) in [5.41, 5.74) is 0. The zero-order valence-electron chi connectivity index (χ0n) is 11.9. The minimum atomic E-state index is -3.57. The first-order chi connectivity index (χ1) is 10.0. The Labute approximate surface area is 124 Å². The van der Waals surface area contributed by atoms with E-state index in [-0.39, 0.29) is 35.7 Å². The van der Waals surface area contributed by atoms with Crippen LogP contribution in [0.15, 0.2) is 0 Å². The molecule has 21 heavy (non-hydrogen) atoms. The second-order valence-corrected chi connectivity index (χ2v) is 8.64. The van der Waals surface area contributed by atoms with Crippen LogP contribution in [0.4, 0.5) is 0 Å². The van der Waals surface area contributed by atoms with Gasteiger partial charge in [-0.3, -0.25) is 9.52 Å². The van der Waals surface area contributed by atoms with Crippen molar-refractivity contribution in [1.29, 1.82) is 0 Å². The molecule has 4 fully saturated rings. The summed E-state index contributed by atoms with van der Waals surface area (Å²) in [7, 11) is -3.57. The molecule has 0 aromatic heterocycles. The van der Waals surface area contributed by atoms with Crippen LogP contribution in [0.25, 0.3) is 0 Å². The molecule has 3 aliphatic heterocycles. The van der Waals surface area contributed by atoms with E-state index >= 15 is 0 Å². The van der Waals surface area contributed by atoms with Gasteiger partial charge in [-0.2, -0.15) is 0 Å². The van der Waals surface area contributed by atoms with Gasteiger partial charge in [0.25, 0.3) is 0 Å². The van der Waals surface area contributed by atoms with Gasteiger partial charge in [0.05, 0.1) is 30.5 Å². The minimum Gasteiger partial charge on any atom is -0.381 e. The molecule has 6 atom stereocenters. The quantitative estimate of drug-likeness (QED) is 0.806. The molecular weight excluding hydrogens is 294 g/mol. The standard InChI is InChI=1S/C14H21NO5S/c16-14(11-5-12-9-4-10(9)13(11)20-12)15-21(17,18)7-8-2-1-3-19-6-8/h8-13H,1-7H2,(H,15,16)/t8?,9-,10+,11-,12+,13+/m1/s1. The summed E-state index contributed by atoms with van der Waals surface area (Å²) in [5.74, 6) is 0.449. The first-order valence-corrected chi connectivity index (χ1v) is 9.46. The lowest BCUT2D eigenvalue weighted by Gasteiger charge is -2.23. The van der Waals surface area contributed by atoms with E-state index in [0.29, 0.717) is 31.5 Å². The molecule has 118 valence electrons. The Bertz CT molecular complexity index is 542. The molecular formula is C14H21NO5S.